The molecule has 2 N–H and O–H groups in total. The number of aliphatic carboxylic acids is 1. The topological polar surface area (TPSA) is 79.3 Å². The van der Waals surface area contributed by atoms with E-state index in [1.54, 1.807) is 24.3 Å². The van der Waals surface area contributed by atoms with Gasteiger partial charge >= 0.3 is 5.97 Å². The first-order valence-corrected chi connectivity index (χ1v) is 8.43. The molecule has 1 unspecified atom stereocenters. The summed E-state index contributed by atoms with van der Waals surface area (Å²) in [4.78, 5) is 28.9. The van der Waals surface area contributed by atoms with Gasteiger partial charge in [-0.1, -0.05) is 19.4 Å². The molecule has 23 heavy (non-hydrogen) atoms. The highest BCUT2D eigenvalue weighted by molar-refractivity contribution is 7.13. The third kappa shape index (κ3) is 4.39. The summed E-state index contributed by atoms with van der Waals surface area (Å²) in [5.41, 5.74) is 1.95. The number of carboxylic acid groups (broad SMARTS) is 1. The lowest BCUT2D eigenvalue weighted by Crippen LogP contribution is -2.33. The van der Waals surface area contributed by atoms with Crippen LogP contribution in [0.2, 0.25) is 0 Å². The van der Waals surface area contributed by atoms with Crippen LogP contribution in [0.1, 0.15) is 35.8 Å². The van der Waals surface area contributed by atoms with Gasteiger partial charge in [-0.25, -0.2) is 0 Å². The number of thiophene rings is 1. The van der Waals surface area contributed by atoms with Crippen molar-refractivity contribution in [3.63, 3.8) is 0 Å². The predicted molar refractivity (Wildman–Crippen MR) is 90.7 cm³/mol. The summed E-state index contributed by atoms with van der Waals surface area (Å²) in [6.07, 6.45) is 1.31. The number of rotatable bonds is 7. The van der Waals surface area contributed by atoms with Crippen molar-refractivity contribution in [2.75, 3.05) is 6.54 Å². The first-order valence-electron chi connectivity index (χ1n) is 7.55. The molecule has 2 heterocycles. The largest absolute Gasteiger partial charge is 0.481 e. The van der Waals surface area contributed by atoms with Gasteiger partial charge < -0.3 is 10.4 Å². The average molecular weight is 332 g/mol. The molecule has 0 radical (unpaired) electrons. The normalized spacial score (nSPS) is 11.9. The third-order valence-electron chi connectivity index (χ3n) is 3.60. The Morgan fingerprint density at radius 2 is 2.13 bits per heavy atom. The quantitative estimate of drug-likeness (QED) is 0.815. The molecule has 1 atom stereocenters. The molecular weight excluding hydrogens is 312 g/mol. The van der Waals surface area contributed by atoms with Crippen LogP contribution in [0.25, 0.3) is 10.6 Å². The fraction of sp³-hybridized carbons (Fsp3) is 0.353. The van der Waals surface area contributed by atoms with Crippen LogP contribution < -0.4 is 5.32 Å². The van der Waals surface area contributed by atoms with E-state index in [2.05, 4.69) is 10.3 Å². The van der Waals surface area contributed by atoms with E-state index in [4.69, 9.17) is 5.11 Å². The van der Waals surface area contributed by atoms with Gasteiger partial charge in [-0.2, -0.15) is 0 Å². The lowest BCUT2D eigenvalue weighted by atomic mass is 10.0. The van der Waals surface area contributed by atoms with Gasteiger partial charge in [0.2, 0.25) is 0 Å². The molecule has 0 aromatic carbocycles. The van der Waals surface area contributed by atoms with Crippen LogP contribution in [0.3, 0.4) is 0 Å². The number of aryl methyl sites for hydroxylation is 1. The van der Waals surface area contributed by atoms with Gasteiger partial charge in [0.1, 0.15) is 0 Å². The zero-order valence-electron chi connectivity index (χ0n) is 13.2. The van der Waals surface area contributed by atoms with Gasteiger partial charge in [0.15, 0.2) is 0 Å². The minimum atomic E-state index is -0.880. The molecule has 0 aliphatic heterocycles. The Labute approximate surface area is 139 Å². The predicted octanol–water partition coefficient (Wildman–Crippen LogP) is 3.35. The summed E-state index contributed by atoms with van der Waals surface area (Å²) in [6, 6.07) is 7.49. The standard InChI is InChI=1S/C17H20N2O3S/c1-3-5-12(17(21)22)10-18-16(20)13-7-8-14(19-11(13)2)15-6-4-9-23-15/h4,6-9,12H,3,5,10H2,1-2H3,(H,18,20)(H,21,22). The summed E-state index contributed by atoms with van der Waals surface area (Å²) >= 11 is 1.59. The Balaban J connectivity index is 2.06. The molecule has 2 aromatic heterocycles. The Bertz CT molecular complexity index is 683. The molecule has 6 heteroatoms. The van der Waals surface area contributed by atoms with E-state index in [-0.39, 0.29) is 12.5 Å². The van der Waals surface area contributed by atoms with Crippen LogP contribution in [-0.2, 0) is 4.79 Å². The molecule has 1 amide bonds. The Hall–Kier alpha value is -2.21. The van der Waals surface area contributed by atoms with Crippen molar-refractivity contribution >= 4 is 23.2 Å². The Morgan fingerprint density at radius 1 is 1.35 bits per heavy atom. The second kappa shape index (κ2) is 7.87. The summed E-state index contributed by atoms with van der Waals surface area (Å²) in [7, 11) is 0. The van der Waals surface area contributed by atoms with E-state index in [1.807, 2.05) is 30.5 Å². The van der Waals surface area contributed by atoms with E-state index >= 15 is 0 Å². The Morgan fingerprint density at radius 3 is 2.70 bits per heavy atom. The number of carboxylic acids is 1. The number of amides is 1. The minimum Gasteiger partial charge on any atom is -0.481 e. The Kier molecular flexibility index (Phi) is 5.87. The van der Waals surface area contributed by atoms with E-state index in [0.717, 1.165) is 17.0 Å². The molecule has 122 valence electrons. The molecule has 0 fully saturated rings. The van der Waals surface area contributed by atoms with Crippen molar-refractivity contribution < 1.29 is 14.7 Å². The van der Waals surface area contributed by atoms with Crippen molar-refractivity contribution in [1.29, 1.82) is 0 Å². The number of aromatic nitrogens is 1. The highest BCUT2D eigenvalue weighted by Gasteiger charge is 2.18. The van der Waals surface area contributed by atoms with Crippen LogP contribution in [0.15, 0.2) is 29.6 Å². The van der Waals surface area contributed by atoms with Crippen molar-refractivity contribution in [2.24, 2.45) is 5.92 Å². The molecule has 0 bridgehead atoms. The van der Waals surface area contributed by atoms with Crippen molar-refractivity contribution in [2.45, 2.75) is 26.7 Å². The number of pyridine rings is 1. The SMILES string of the molecule is CCCC(CNC(=O)c1ccc(-c2cccs2)nc1C)C(=O)O. The van der Waals surface area contributed by atoms with Gasteiger partial charge in [-0.15, -0.1) is 11.3 Å². The number of carbonyl (C=O) groups excluding carboxylic acids is 1. The number of nitrogens with one attached hydrogen (secondary N) is 1. The second-order valence-corrected chi connectivity index (χ2v) is 6.29. The molecule has 0 aliphatic carbocycles. The van der Waals surface area contributed by atoms with Crippen LogP contribution in [0.5, 0.6) is 0 Å². The molecule has 0 spiro atoms. The van der Waals surface area contributed by atoms with E-state index < -0.39 is 11.9 Å². The summed E-state index contributed by atoms with van der Waals surface area (Å²) in [6.45, 7) is 3.84. The first kappa shape index (κ1) is 17.1. The van der Waals surface area contributed by atoms with E-state index in [1.165, 1.54) is 0 Å². The fourth-order valence-corrected chi connectivity index (χ4v) is 3.03. The molecule has 0 aliphatic rings. The molecular formula is C17H20N2O3S. The van der Waals surface area contributed by atoms with Crippen LogP contribution in [0, 0.1) is 12.8 Å². The summed E-state index contributed by atoms with van der Waals surface area (Å²) in [5.74, 6) is -1.72. The van der Waals surface area contributed by atoms with Crippen LogP contribution in [0.4, 0.5) is 0 Å². The number of nitrogens with zero attached hydrogens (tertiary/aromatic N) is 1. The highest BCUT2D eigenvalue weighted by atomic mass is 32.1. The third-order valence-corrected chi connectivity index (χ3v) is 4.49. The van der Waals surface area contributed by atoms with Crippen molar-refractivity contribution in [3.8, 4) is 10.6 Å². The maximum absolute atomic E-state index is 12.3. The number of hydrogen-bond donors (Lipinski definition) is 2. The summed E-state index contributed by atoms with van der Waals surface area (Å²) < 4.78 is 0. The summed E-state index contributed by atoms with van der Waals surface area (Å²) in [5, 5.41) is 13.8. The highest BCUT2D eigenvalue weighted by Crippen LogP contribution is 2.23. The fourth-order valence-electron chi connectivity index (χ4n) is 2.33. The molecule has 0 saturated heterocycles. The number of hydrogen-bond acceptors (Lipinski definition) is 4. The first-order chi connectivity index (χ1) is 11.0. The molecule has 2 aromatic rings. The average Bonchev–Trinajstić information content (AvgIpc) is 3.05. The molecule has 2 rings (SSSR count). The van der Waals surface area contributed by atoms with Crippen LogP contribution >= 0.6 is 11.3 Å². The minimum absolute atomic E-state index is 0.133. The lowest BCUT2D eigenvalue weighted by Gasteiger charge is -2.13. The van der Waals surface area contributed by atoms with E-state index in [0.29, 0.717) is 17.7 Å². The second-order valence-electron chi connectivity index (χ2n) is 5.34. The van der Waals surface area contributed by atoms with Gasteiger partial charge in [0, 0.05) is 6.54 Å². The van der Waals surface area contributed by atoms with Gasteiger partial charge in [-0.3, -0.25) is 14.6 Å². The van der Waals surface area contributed by atoms with E-state index in [9.17, 15) is 9.59 Å². The zero-order chi connectivity index (χ0) is 16.8. The van der Waals surface area contributed by atoms with Gasteiger partial charge in [-0.05, 0) is 36.9 Å². The molecule has 5 nitrogen and oxygen atoms in total. The molecule has 0 saturated carbocycles. The maximum atomic E-state index is 12.3. The van der Waals surface area contributed by atoms with Gasteiger partial charge in [0.05, 0.1) is 27.7 Å². The van der Waals surface area contributed by atoms with Crippen molar-refractivity contribution in [3.05, 3.63) is 40.9 Å². The zero-order valence-corrected chi connectivity index (χ0v) is 14.0. The number of carbonyl (C=O) groups is 2. The van der Waals surface area contributed by atoms with Gasteiger partial charge in [0.25, 0.3) is 5.91 Å². The monoisotopic (exact) mass is 332 g/mol. The van der Waals surface area contributed by atoms with Crippen molar-refractivity contribution in [1.82, 2.24) is 10.3 Å². The lowest BCUT2D eigenvalue weighted by molar-refractivity contribution is -0.141. The maximum Gasteiger partial charge on any atom is 0.308 e. The smallest absolute Gasteiger partial charge is 0.308 e. The van der Waals surface area contributed by atoms with Crippen LogP contribution in [-0.4, -0.2) is 28.5 Å².